The summed E-state index contributed by atoms with van der Waals surface area (Å²) in [5, 5.41) is 16.9. The lowest BCUT2D eigenvalue weighted by molar-refractivity contribution is -0.157. The van der Waals surface area contributed by atoms with Crippen LogP contribution < -0.4 is 10.6 Å². The smallest absolute Gasteiger partial charge is 0.309 e. The van der Waals surface area contributed by atoms with E-state index >= 15 is 4.39 Å². The topological polar surface area (TPSA) is 98.7 Å². The van der Waals surface area contributed by atoms with Crippen molar-refractivity contribution in [3.05, 3.63) is 63.4 Å². The van der Waals surface area contributed by atoms with Gasteiger partial charge in [0.05, 0.1) is 16.5 Å². The second kappa shape index (κ2) is 10.4. The summed E-state index contributed by atoms with van der Waals surface area (Å²) in [6.45, 7) is 2.50. The van der Waals surface area contributed by atoms with Crippen LogP contribution in [0.4, 0.5) is 10.1 Å². The van der Waals surface area contributed by atoms with Gasteiger partial charge in [-0.05, 0) is 87.2 Å². The molecule has 3 N–H and O–H groups in total. The Balaban J connectivity index is 1.42. The Kier molecular flexibility index (Phi) is 7.11. The minimum atomic E-state index is -1.27. The Hall–Kier alpha value is -2.68. The van der Waals surface area contributed by atoms with E-state index < -0.39 is 45.7 Å². The first-order chi connectivity index (χ1) is 21.0. The molecule has 0 radical (unpaired) electrons. The SMILES string of the molecule is CCN1[C@@H](C(=O)NC23CCC(C(=O)O)(CC2)CC3)C(c2cccc(Cl)c2F)[C@]2(C(=O)Nc3cc(Cl)ccc32)C12CCCCC2. The van der Waals surface area contributed by atoms with Crippen molar-refractivity contribution in [1.29, 1.82) is 0 Å². The third-order valence-corrected chi connectivity index (χ3v) is 12.6. The number of halogens is 3. The zero-order chi connectivity index (χ0) is 31.1. The van der Waals surface area contributed by atoms with E-state index in [0.717, 1.165) is 24.8 Å². The number of anilines is 1. The molecule has 0 aromatic heterocycles. The predicted molar refractivity (Wildman–Crippen MR) is 167 cm³/mol. The molecule has 2 heterocycles. The number of hydrogen-bond donors (Lipinski definition) is 3. The first-order valence-corrected chi connectivity index (χ1v) is 16.7. The fourth-order valence-corrected chi connectivity index (χ4v) is 10.4. The number of rotatable bonds is 5. The van der Waals surface area contributed by atoms with Gasteiger partial charge in [0.1, 0.15) is 11.2 Å². The van der Waals surface area contributed by atoms with Gasteiger partial charge in [-0.2, -0.15) is 0 Å². The largest absolute Gasteiger partial charge is 0.481 e. The molecule has 2 spiro atoms. The van der Waals surface area contributed by atoms with Crippen LogP contribution in [-0.4, -0.2) is 51.5 Å². The summed E-state index contributed by atoms with van der Waals surface area (Å²) in [5.41, 5.74) is -1.67. The van der Waals surface area contributed by atoms with Crippen LogP contribution in [0.3, 0.4) is 0 Å². The fraction of sp³-hybridized carbons (Fsp3) is 0.559. The normalized spacial score (nSPS) is 33.9. The number of amides is 2. The number of carbonyl (C=O) groups is 3. The molecular weight excluding hydrogens is 604 g/mol. The fourth-order valence-electron chi connectivity index (χ4n) is 10.1. The van der Waals surface area contributed by atoms with Gasteiger partial charge in [-0.15, -0.1) is 0 Å². The molecule has 7 nitrogen and oxygen atoms in total. The molecule has 5 fully saturated rings. The molecule has 1 unspecified atom stereocenters. The standard InChI is InChI=1S/C34H38Cl2FN3O4/c1-2-40-27(28(41)39-32-16-13-31(14-17-32,15-18-32)30(43)44)25(21-7-6-8-23(36)26(21)37)34(33(40)11-4-3-5-12-33)22-10-9-20(35)19-24(22)38-29(34)42/h6-10,19,25,27H,2-5,11-18H2,1H3,(H,38,42)(H,39,41)(H,43,44)/t25?,27-,31?,32?,34-/m1/s1. The van der Waals surface area contributed by atoms with Crippen LogP contribution >= 0.6 is 23.2 Å². The quantitative estimate of drug-likeness (QED) is 0.333. The Bertz CT molecular complexity index is 1530. The summed E-state index contributed by atoms with van der Waals surface area (Å²) >= 11 is 12.8. The van der Waals surface area contributed by atoms with E-state index in [2.05, 4.69) is 15.5 Å². The van der Waals surface area contributed by atoms with Gasteiger partial charge in [-0.3, -0.25) is 19.3 Å². The molecule has 2 amide bonds. The monoisotopic (exact) mass is 641 g/mol. The van der Waals surface area contributed by atoms with Gasteiger partial charge >= 0.3 is 5.97 Å². The lowest BCUT2D eigenvalue weighted by Crippen LogP contribution is -2.63. The number of nitrogens with one attached hydrogen (secondary N) is 2. The summed E-state index contributed by atoms with van der Waals surface area (Å²) < 4.78 is 16.3. The lowest BCUT2D eigenvalue weighted by atomic mass is 9.55. The van der Waals surface area contributed by atoms with Gasteiger partial charge in [0.2, 0.25) is 11.8 Å². The van der Waals surface area contributed by atoms with Crippen molar-refractivity contribution < 1.29 is 23.9 Å². The first-order valence-electron chi connectivity index (χ1n) is 15.9. The number of likely N-dealkylation sites (N-methyl/N-ethyl adjacent to an activating group) is 1. The van der Waals surface area contributed by atoms with E-state index in [4.69, 9.17) is 23.2 Å². The number of aliphatic carboxylic acids is 1. The molecule has 4 saturated carbocycles. The maximum atomic E-state index is 16.3. The number of hydrogen-bond acceptors (Lipinski definition) is 4. The summed E-state index contributed by atoms with van der Waals surface area (Å²) in [5.74, 6) is -2.72. The predicted octanol–water partition coefficient (Wildman–Crippen LogP) is 6.81. The average molecular weight is 643 g/mol. The highest BCUT2D eigenvalue weighted by atomic mass is 35.5. The van der Waals surface area contributed by atoms with E-state index in [1.807, 2.05) is 13.0 Å². The van der Waals surface area contributed by atoms with Crippen LogP contribution in [0, 0.1) is 11.2 Å². The molecule has 2 aliphatic heterocycles. The van der Waals surface area contributed by atoms with Crippen LogP contribution in [0.2, 0.25) is 10.0 Å². The lowest BCUT2D eigenvalue weighted by Gasteiger charge is -2.52. The minimum Gasteiger partial charge on any atom is -0.481 e. The Morgan fingerprint density at radius 3 is 2.34 bits per heavy atom. The molecule has 2 bridgehead atoms. The average Bonchev–Trinajstić information content (AvgIpc) is 3.44. The molecule has 3 atom stereocenters. The first kappa shape index (κ1) is 30.0. The van der Waals surface area contributed by atoms with Crippen molar-refractivity contribution in [1.82, 2.24) is 10.2 Å². The molecule has 10 heteroatoms. The third-order valence-electron chi connectivity index (χ3n) is 12.1. The molecule has 234 valence electrons. The summed E-state index contributed by atoms with van der Waals surface area (Å²) in [7, 11) is 0. The van der Waals surface area contributed by atoms with Crippen molar-refractivity contribution in [2.45, 2.75) is 106 Å². The molecule has 2 aromatic carbocycles. The minimum absolute atomic E-state index is 0.0534. The van der Waals surface area contributed by atoms with Crippen LogP contribution in [0.25, 0.3) is 0 Å². The van der Waals surface area contributed by atoms with Crippen LogP contribution in [0.5, 0.6) is 0 Å². The van der Waals surface area contributed by atoms with Crippen LogP contribution in [-0.2, 0) is 19.8 Å². The molecule has 1 saturated heterocycles. The highest BCUT2D eigenvalue weighted by Crippen LogP contribution is 2.66. The third kappa shape index (κ3) is 3.92. The van der Waals surface area contributed by atoms with E-state index in [1.54, 1.807) is 24.3 Å². The van der Waals surface area contributed by atoms with Crippen molar-refractivity contribution in [2.75, 3.05) is 11.9 Å². The van der Waals surface area contributed by atoms with Crippen LogP contribution in [0.1, 0.15) is 94.6 Å². The van der Waals surface area contributed by atoms with Gasteiger partial charge < -0.3 is 15.7 Å². The van der Waals surface area contributed by atoms with E-state index in [0.29, 0.717) is 68.6 Å². The number of carboxylic acid groups (broad SMARTS) is 1. The highest BCUT2D eigenvalue weighted by molar-refractivity contribution is 6.31. The maximum absolute atomic E-state index is 16.3. The maximum Gasteiger partial charge on any atom is 0.309 e. The van der Waals surface area contributed by atoms with E-state index in [-0.39, 0.29) is 22.4 Å². The molecule has 44 heavy (non-hydrogen) atoms. The summed E-state index contributed by atoms with van der Waals surface area (Å²) in [6.07, 6.45) is 7.45. The molecular formula is C34H38Cl2FN3O4. The number of nitrogens with zero attached hydrogens (tertiary/aromatic N) is 1. The van der Waals surface area contributed by atoms with Gasteiger partial charge in [-0.25, -0.2) is 4.39 Å². The zero-order valence-electron chi connectivity index (χ0n) is 24.9. The van der Waals surface area contributed by atoms with Gasteiger partial charge in [-0.1, -0.05) is 67.6 Å². The van der Waals surface area contributed by atoms with Gasteiger partial charge in [0.25, 0.3) is 0 Å². The van der Waals surface area contributed by atoms with Crippen molar-refractivity contribution in [2.24, 2.45) is 5.41 Å². The van der Waals surface area contributed by atoms with Crippen molar-refractivity contribution in [3.63, 3.8) is 0 Å². The molecule has 6 aliphatic rings. The Morgan fingerprint density at radius 1 is 1.02 bits per heavy atom. The van der Waals surface area contributed by atoms with Gasteiger partial charge in [0.15, 0.2) is 0 Å². The molecule has 2 aromatic rings. The number of carbonyl (C=O) groups excluding carboxylic acids is 2. The van der Waals surface area contributed by atoms with E-state index in [1.165, 1.54) is 6.07 Å². The Labute approximate surface area is 266 Å². The van der Waals surface area contributed by atoms with E-state index in [9.17, 15) is 19.5 Å². The number of benzene rings is 2. The van der Waals surface area contributed by atoms with Crippen molar-refractivity contribution in [3.8, 4) is 0 Å². The van der Waals surface area contributed by atoms with Gasteiger partial charge in [0, 0.05) is 27.7 Å². The second-order valence-electron chi connectivity index (χ2n) is 13.8. The highest BCUT2D eigenvalue weighted by Gasteiger charge is 2.75. The second-order valence-corrected chi connectivity index (χ2v) is 14.6. The number of fused-ring (bicyclic) bond motifs is 6. The molecule has 4 aliphatic carbocycles. The summed E-state index contributed by atoms with van der Waals surface area (Å²) in [6, 6.07) is 9.38. The number of likely N-dealkylation sites (tertiary alicyclic amines) is 1. The Morgan fingerprint density at radius 2 is 1.70 bits per heavy atom. The zero-order valence-corrected chi connectivity index (χ0v) is 26.4. The molecule has 8 rings (SSSR count). The van der Waals surface area contributed by atoms with Crippen LogP contribution in [0.15, 0.2) is 36.4 Å². The summed E-state index contributed by atoms with van der Waals surface area (Å²) in [4.78, 5) is 43.9. The number of carboxylic acids is 1. The van der Waals surface area contributed by atoms with Crippen molar-refractivity contribution >= 4 is 46.7 Å².